The molecule has 0 radical (unpaired) electrons. The van der Waals surface area contributed by atoms with Gasteiger partial charge >= 0.3 is 0 Å². The van der Waals surface area contributed by atoms with Gasteiger partial charge in [-0.25, -0.2) is 0 Å². The second-order valence-electron chi connectivity index (χ2n) is 5.60. The van der Waals surface area contributed by atoms with Gasteiger partial charge in [0.05, 0.1) is 11.4 Å². The van der Waals surface area contributed by atoms with Gasteiger partial charge in [-0.3, -0.25) is 5.10 Å². The molecule has 0 saturated heterocycles. The summed E-state index contributed by atoms with van der Waals surface area (Å²) in [6.07, 6.45) is 5.06. The highest BCUT2D eigenvalue weighted by molar-refractivity contribution is 7.99. The van der Waals surface area contributed by atoms with E-state index in [1.807, 2.05) is 11.8 Å². The van der Waals surface area contributed by atoms with Gasteiger partial charge in [0.15, 0.2) is 0 Å². The summed E-state index contributed by atoms with van der Waals surface area (Å²) in [5, 5.41) is 21.1. The van der Waals surface area contributed by atoms with Crippen LogP contribution in [-0.2, 0) is 12.8 Å². The molecule has 1 aromatic heterocycles. The van der Waals surface area contributed by atoms with E-state index >= 15 is 0 Å². The number of nitrogens with zero attached hydrogens (tertiary/aromatic N) is 2. The maximum absolute atomic E-state index is 9.35. The number of hydrogen-bond donors (Lipinski definition) is 2. The molecule has 5 heteroatoms. The molecule has 1 aromatic rings. The zero-order chi connectivity index (χ0) is 14.5. The SMILES string of the molecule is CCCc1n[nH]c2c1/C(=N/O)C[C@H](C[C@H](C)SCC)C2. The normalized spacial score (nSPS) is 21.9. The minimum Gasteiger partial charge on any atom is -0.411 e. The van der Waals surface area contributed by atoms with Gasteiger partial charge in [-0.15, -0.1) is 0 Å². The molecule has 20 heavy (non-hydrogen) atoms. The molecular weight excluding hydrogens is 270 g/mol. The molecule has 0 aliphatic heterocycles. The van der Waals surface area contributed by atoms with Crippen LogP contribution in [0.4, 0.5) is 0 Å². The third kappa shape index (κ3) is 3.37. The summed E-state index contributed by atoms with van der Waals surface area (Å²) in [7, 11) is 0. The van der Waals surface area contributed by atoms with Crippen molar-refractivity contribution in [2.24, 2.45) is 11.1 Å². The van der Waals surface area contributed by atoms with Crippen LogP contribution in [0.1, 0.15) is 57.0 Å². The van der Waals surface area contributed by atoms with Crippen LogP contribution in [-0.4, -0.2) is 32.1 Å². The first-order chi connectivity index (χ1) is 9.69. The van der Waals surface area contributed by atoms with Crippen LogP contribution in [0.3, 0.4) is 0 Å². The minimum atomic E-state index is 0.553. The molecule has 0 spiro atoms. The van der Waals surface area contributed by atoms with Crippen LogP contribution < -0.4 is 0 Å². The smallest absolute Gasteiger partial charge is 0.0907 e. The zero-order valence-corrected chi connectivity index (χ0v) is 13.5. The molecule has 1 aliphatic rings. The van der Waals surface area contributed by atoms with Gasteiger partial charge in [-0.2, -0.15) is 16.9 Å². The number of thioether (sulfide) groups is 1. The summed E-state index contributed by atoms with van der Waals surface area (Å²) >= 11 is 2.00. The molecule has 2 atom stereocenters. The second-order valence-corrected chi connectivity index (χ2v) is 7.31. The highest BCUT2D eigenvalue weighted by Crippen LogP contribution is 2.32. The van der Waals surface area contributed by atoms with Crippen LogP contribution in [0.2, 0.25) is 0 Å². The molecule has 0 aromatic carbocycles. The number of oxime groups is 1. The van der Waals surface area contributed by atoms with E-state index in [0.29, 0.717) is 11.2 Å². The van der Waals surface area contributed by atoms with E-state index in [-0.39, 0.29) is 0 Å². The minimum absolute atomic E-state index is 0.553. The highest BCUT2D eigenvalue weighted by Gasteiger charge is 2.29. The second kappa shape index (κ2) is 7.16. The Morgan fingerprint density at radius 2 is 2.25 bits per heavy atom. The van der Waals surface area contributed by atoms with Gasteiger partial charge in [0.2, 0.25) is 0 Å². The van der Waals surface area contributed by atoms with Crippen molar-refractivity contribution < 1.29 is 5.21 Å². The lowest BCUT2D eigenvalue weighted by Gasteiger charge is -2.25. The Morgan fingerprint density at radius 1 is 1.45 bits per heavy atom. The van der Waals surface area contributed by atoms with E-state index < -0.39 is 0 Å². The first-order valence-electron chi connectivity index (χ1n) is 7.58. The molecule has 0 bridgehead atoms. The van der Waals surface area contributed by atoms with Crippen LogP contribution in [0, 0.1) is 5.92 Å². The summed E-state index contributed by atoms with van der Waals surface area (Å²) in [5.41, 5.74) is 4.12. The Hall–Kier alpha value is -0.970. The van der Waals surface area contributed by atoms with Crippen LogP contribution in [0.15, 0.2) is 5.16 Å². The molecule has 2 rings (SSSR count). The Labute approximate surface area is 125 Å². The first kappa shape index (κ1) is 15.4. The van der Waals surface area contributed by atoms with Crippen LogP contribution in [0.25, 0.3) is 0 Å². The molecule has 0 saturated carbocycles. The maximum Gasteiger partial charge on any atom is 0.0907 e. The molecule has 0 amide bonds. The topological polar surface area (TPSA) is 61.3 Å². The number of hydrogen-bond acceptors (Lipinski definition) is 4. The van der Waals surface area contributed by atoms with E-state index in [9.17, 15) is 5.21 Å². The molecule has 4 nitrogen and oxygen atoms in total. The molecular formula is C15H25N3OS. The number of aromatic nitrogens is 2. The number of aryl methyl sites for hydroxylation is 1. The van der Waals surface area contributed by atoms with Gasteiger partial charge in [0.25, 0.3) is 0 Å². The lowest BCUT2D eigenvalue weighted by Crippen LogP contribution is -2.23. The Bertz CT molecular complexity index is 470. The monoisotopic (exact) mass is 295 g/mol. The molecule has 1 heterocycles. The summed E-state index contributed by atoms with van der Waals surface area (Å²) < 4.78 is 0. The fraction of sp³-hybridized carbons (Fsp3) is 0.733. The number of fused-ring (bicyclic) bond motifs is 1. The molecule has 1 aliphatic carbocycles. The van der Waals surface area contributed by atoms with Crippen molar-refractivity contribution in [3.63, 3.8) is 0 Å². The van der Waals surface area contributed by atoms with Crippen LogP contribution in [0.5, 0.6) is 0 Å². The fourth-order valence-corrected chi connectivity index (χ4v) is 4.12. The highest BCUT2D eigenvalue weighted by atomic mass is 32.2. The van der Waals surface area contributed by atoms with Gasteiger partial charge in [0, 0.05) is 16.5 Å². The van der Waals surface area contributed by atoms with Gasteiger partial charge < -0.3 is 5.21 Å². The lowest BCUT2D eigenvalue weighted by molar-refractivity contribution is 0.314. The molecule has 2 N–H and O–H groups in total. The standard InChI is InChI=1S/C15H25N3OS/c1-4-6-12-15-13(17-16-12)8-11(9-14(15)18-19)7-10(3)20-5-2/h10-11,19H,4-9H2,1-3H3,(H,16,17)/b18-14+/t10-,11+/m0/s1. The van der Waals surface area contributed by atoms with Crippen molar-refractivity contribution in [3.8, 4) is 0 Å². The lowest BCUT2D eigenvalue weighted by atomic mass is 9.82. The molecule has 0 fully saturated rings. The number of rotatable bonds is 6. The predicted molar refractivity (Wildman–Crippen MR) is 84.9 cm³/mol. The van der Waals surface area contributed by atoms with Crippen molar-refractivity contribution in [3.05, 3.63) is 17.0 Å². The molecule has 112 valence electrons. The third-order valence-corrected chi connectivity index (χ3v) is 5.00. The van der Waals surface area contributed by atoms with E-state index in [2.05, 4.69) is 36.1 Å². The van der Waals surface area contributed by atoms with Gasteiger partial charge in [-0.05, 0) is 37.4 Å². The van der Waals surface area contributed by atoms with Crippen molar-refractivity contribution in [1.29, 1.82) is 0 Å². The Kier molecular flexibility index (Phi) is 5.52. The van der Waals surface area contributed by atoms with E-state index in [1.54, 1.807) is 0 Å². The van der Waals surface area contributed by atoms with E-state index in [0.717, 1.165) is 54.1 Å². The average molecular weight is 295 g/mol. The van der Waals surface area contributed by atoms with E-state index in [1.165, 1.54) is 6.42 Å². The van der Waals surface area contributed by atoms with Crippen molar-refractivity contribution in [2.45, 2.75) is 58.1 Å². The van der Waals surface area contributed by atoms with Gasteiger partial charge in [0.1, 0.15) is 0 Å². The van der Waals surface area contributed by atoms with Crippen molar-refractivity contribution >= 4 is 17.5 Å². The largest absolute Gasteiger partial charge is 0.411 e. The Morgan fingerprint density at radius 3 is 2.90 bits per heavy atom. The van der Waals surface area contributed by atoms with Crippen molar-refractivity contribution in [2.75, 3.05) is 5.75 Å². The summed E-state index contributed by atoms with van der Waals surface area (Å²) in [6, 6.07) is 0. The zero-order valence-electron chi connectivity index (χ0n) is 12.6. The maximum atomic E-state index is 9.35. The predicted octanol–water partition coefficient (Wildman–Crippen LogP) is 3.63. The number of aromatic amines is 1. The first-order valence-corrected chi connectivity index (χ1v) is 8.63. The quantitative estimate of drug-likeness (QED) is 0.622. The van der Waals surface area contributed by atoms with Gasteiger partial charge in [-0.1, -0.05) is 32.3 Å². The summed E-state index contributed by atoms with van der Waals surface area (Å²) in [4.78, 5) is 0. The fourth-order valence-electron chi connectivity index (χ4n) is 3.14. The van der Waals surface area contributed by atoms with Crippen LogP contribution >= 0.6 is 11.8 Å². The number of H-pyrrole nitrogens is 1. The Balaban J connectivity index is 2.14. The summed E-state index contributed by atoms with van der Waals surface area (Å²) in [6.45, 7) is 6.63. The average Bonchev–Trinajstić information content (AvgIpc) is 2.82. The summed E-state index contributed by atoms with van der Waals surface area (Å²) in [5.74, 6) is 1.71. The molecule has 0 unspecified atom stereocenters. The number of nitrogens with one attached hydrogen (secondary N) is 1. The third-order valence-electron chi connectivity index (χ3n) is 3.90. The van der Waals surface area contributed by atoms with E-state index in [4.69, 9.17) is 0 Å². The van der Waals surface area contributed by atoms with Crippen molar-refractivity contribution in [1.82, 2.24) is 10.2 Å².